The number of rotatable bonds is 6. The molecule has 108 valence electrons. The first-order valence-corrected chi connectivity index (χ1v) is 8.25. The molecule has 0 aliphatic carbocycles. The van der Waals surface area contributed by atoms with Crippen LogP contribution in [0.2, 0.25) is 0 Å². The Morgan fingerprint density at radius 1 is 1.42 bits per heavy atom. The molecule has 0 aromatic carbocycles. The fourth-order valence-electron chi connectivity index (χ4n) is 1.80. The Labute approximate surface area is 117 Å². The molecule has 0 saturated heterocycles. The van der Waals surface area contributed by atoms with E-state index >= 15 is 0 Å². The first-order chi connectivity index (χ1) is 8.63. The van der Waals surface area contributed by atoms with Crippen molar-refractivity contribution in [3.05, 3.63) is 15.8 Å². The molecule has 19 heavy (non-hydrogen) atoms. The molecule has 0 spiro atoms. The Hall–Kier alpha value is -0.920. The molecule has 1 atom stereocenters. The van der Waals surface area contributed by atoms with E-state index < -0.39 is 22.0 Å². The summed E-state index contributed by atoms with van der Waals surface area (Å²) in [5.74, 6) is -1.06. The van der Waals surface area contributed by atoms with Gasteiger partial charge in [-0.1, -0.05) is 13.8 Å². The van der Waals surface area contributed by atoms with Crippen molar-refractivity contribution in [2.24, 2.45) is 5.92 Å². The standard InChI is InChI=1S/C12H19NO4S2/c1-7(2)5-10(12(14)15)13-19(16,17)11-6-8(3)18-9(11)4/h6-7,10,13H,5H2,1-4H3,(H,14,15)/t10-/m0/s1. The Balaban J connectivity index is 3.01. The Morgan fingerprint density at radius 2 is 2.00 bits per heavy atom. The molecule has 1 heterocycles. The Bertz CT molecular complexity index is 560. The van der Waals surface area contributed by atoms with Crippen LogP contribution < -0.4 is 4.72 Å². The van der Waals surface area contributed by atoms with Gasteiger partial charge in [-0.3, -0.25) is 4.79 Å². The SMILES string of the molecule is Cc1cc(S(=O)(=O)N[C@@H](CC(C)C)C(=O)O)c(C)s1. The summed E-state index contributed by atoms with van der Waals surface area (Å²) < 4.78 is 26.7. The lowest BCUT2D eigenvalue weighted by atomic mass is 10.1. The van der Waals surface area contributed by atoms with Crippen molar-refractivity contribution in [2.45, 2.75) is 45.1 Å². The highest BCUT2D eigenvalue weighted by molar-refractivity contribution is 7.89. The normalized spacial score (nSPS) is 13.7. The van der Waals surface area contributed by atoms with E-state index in [2.05, 4.69) is 4.72 Å². The van der Waals surface area contributed by atoms with Crippen molar-refractivity contribution in [1.29, 1.82) is 0 Å². The van der Waals surface area contributed by atoms with Gasteiger partial charge in [0, 0.05) is 9.75 Å². The third kappa shape index (κ3) is 4.29. The van der Waals surface area contributed by atoms with Crippen LogP contribution in [0.5, 0.6) is 0 Å². The van der Waals surface area contributed by atoms with Crippen molar-refractivity contribution >= 4 is 27.3 Å². The number of hydrogen-bond donors (Lipinski definition) is 2. The second-order valence-electron chi connectivity index (χ2n) is 4.92. The third-order valence-electron chi connectivity index (χ3n) is 2.59. The summed E-state index contributed by atoms with van der Waals surface area (Å²) in [5.41, 5.74) is 0. The lowest BCUT2D eigenvalue weighted by Crippen LogP contribution is -2.41. The fraction of sp³-hybridized carbons (Fsp3) is 0.583. The van der Waals surface area contributed by atoms with Gasteiger partial charge in [-0.2, -0.15) is 4.72 Å². The van der Waals surface area contributed by atoms with Crippen molar-refractivity contribution in [1.82, 2.24) is 4.72 Å². The summed E-state index contributed by atoms with van der Waals surface area (Å²) >= 11 is 1.38. The van der Waals surface area contributed by atoms with Crippen LogP contribution in [0, 0.1) is 19.8 Å². The van der Waals surface area contributed by atoms with E-state index in [1.54, 1.807) is 13.0 Å². The third-order valence-corrected chi connectivity index (χ3v) is 5.28. The molecule has 1 aromatic rings. The average Bonchev–Trinajstić information content (AvgIpc) is 2.56. The molecular weight excluding hydrogens is 286 g/mol. The summed E-state index contributed by atoms with van der Waals surface area (Å²) in [5, 5.41) is 9.08. The molecule has 1 rings (SSSR count). The van der Waals surface area contributed by atoms with Gasteiger partial charge in [0.1, 0.15) is 6.04 Å². The van der Waals surface area contributed by atoms with Crippen LogP contribution in [0.3, 0.4) is 0 Å². The molecule has 0 saturated carbocycles. The van der Waals surface area contributed by atoms with Crippen molar-refractivity contribution in [3.8, 4) is 0 Å². The van der Waals surface area contributed by atoms with Gasteiger partial charge in [0.05, 0.1) is 4.90 Å². The highest BCUT2D eigenvalue weighted by atomic mass is 32.2. The van der Waals surface area contributed by atoms with Crippen LogP contribution in [-0.4, -0.2) is 25.5 Å². The molecule has 2 N–H and O–H groups in total. The van der Waals surface area contributed by atoms with E-state index in [9.17, 15) is 13.2 Å². The van der Waals surface area contributed by atoms with Crippen molar-refractivity contribution in [2.75, 3.05) is 0 Å². The van der Waals surface area contributed by atoms with Crippen LogP contribution in [0.25, 0.3) is 0 Å². The van der Waals surface area contributed by atoms with Gasteiger partial charge in [-0.25, -0.2) is 8.42 Å². The fourth-order valence-corrected chi connectivity index (χ4v) is 4.55. The minimum absolute atomic E-state index is 0.0918. The highest BCUT2D eigenvalue weighted by Crippen LogP contribution is 2.25. The van der Waals surface area contributed by atoms with Gasteiger partial charge in [0.25, 0.3) is 0 Å². The number of aryl methyl sites for hydroxylation is 2. The molecule has 5 nitrogen and oxygen atoms in total. The summed E-state index contributed by atoms with van der Waals surface area (Å²) in [6.45, 7) is 7.23. The summed E-state index contributed by atoms with van der Waals surface area (Å²) in [4.78, 5) is 12.8. The number of hydrogen-bond acceptors (Lipinski definition) is 4. The predicted octanol–water partition coefficient (Wildman–Crippen LogP) is 2.14. The number of aliphatic carboxylic acids is 1. The van der Waals surface area contributed by atoms with Crippen LogP contribution in [0.15, 0.2) is 11.0 Å². The average molecular weight is 305 g/mol. The number of carboxylic acids is 1. The van der Waals surface area contributed by atoms with E-state index in [0.29, 0.717) is 4.88 Å². The molecule has 0 unspecified atom stereocenters. The number of nitrogens with one attached hydrogen (secondary N) is 1. The van der Waals surface area contributed by atoms with E-state index in [4.69, 9.17) is 5.11 Å². The number of sulfonamides is 1. The van der Waals surface area contributed by atoms with Gasteiger partial charge in [0.2, 0.25) is 10.0 Å². The predicted molar refractivity (Wildman–Crippen MR) is 75.0 cm³/mol. The molecule has 0 aliphatic heterocycles. The van der Waals surface area contributed by atoms with Gasteiger partial charge in [-0.15, -0.1) is 11.3 Å². The summed E-state index contributed by atoms with van der Waals surface area (Å²) in [6, 6.07) is 0.473. The molecule has 0 radical (unpaired) electrons. The Morgan fingerprint density at radius 3 is 2.37 bits per heavy atom. The quantitative estimate of drug-likeness (QED) is 0.843. The minimum Gasteiger partial charge on any atom is -0.480 e. The second kappa shape index (κ2) is 6.02. The zero-order valence-corrected chi connectivity index (χ0v) is 13.1. The number of carboxylic acid groups (broad SMARTS) is 1. The smallest absolute Gasteiger partial charge is 0.321 e. The zero-order valence-electron chi connectivity index (χ0n) is 11.4. The zero-order chi connectivity index (χ0) is 14.8. The molecule has 1 aromatic heterocycles. The van der Waals surface area contributed by atoms with Crippen molar-refractivity contribution in [3.63, 3.8) is 0 Å². The van der Waals surface area contributed by atoms with E-state index in [1.807, 2.05) is 20.8 Å². The number of carbonyl (C=O) groups is 1. The van der Waals surface area contributed by atoms with Crippen molar-refractivity contribution < 1.29 is 18.3 Å². The lowest BCUT2D eigenvalue weighted by Gasteiger charge is -2.16. The van der Waals surface area contributed by atoms with E-state index in [1.165, 1.54) is 11.3 Å². The lowest BCUT2D eigenvalue weighted by molar-refractivity contribution is -0.139. The first kappa shape index (κ1) is 16.1. The van der Waals surface area contributed by atoms with E-state index in [-0.39, 0.29) is 17.2 Å². The van der Waals surface area contributed by atoms with Gasteiger partial charge >= 0.3 is 5.97 Å². The van der Waals surface area contributed by atoms with Gasteiger partial charge in [0.15, 0.2) is 0 Å². The maximum atomic E-state index is 12.2. The maximum absolute atomic E-state index is 12.2. The molecule has 0 aliphatic rings. The highest BCUT2D eigenvalue weighted by Gasteiger charge is 2.27. The monoisotopic (exact) mass is 305 g/mol. The van der Waals surface area contributed by atoms with E-state index in [0.717, 1.165) is 4.88 Å². The molecular formula is C12H19NO4S2. The molecule has 0 fully saturated rings. The minimum atomic E-state index is -3.78. The summed E-state index contributed by atoms with van der Waals surface area (Å²) in [7, 11) is -3.78. The maximum Gasteiger partial charge on any atom is 0.321 e. The molecule has 0 amide bonds. The largest absolute Gasteiger partial charge is 0.480 e. The Kier molecular flexibility index (Phi) is 5.11. The van der Waals surface area contributed by atoms with Crippen LogP contribution >= 0.6 is 11.3 Å². The van der Waals surface area contributed by atoms with Crippen LogP contribution in [-0.2, 0) is 14.8 Å². The topological polar surface area (TPSA) is 83.5 Å². The summed E-state index contributed by atoms with van der Waals surface area (Å²) in [6.07, 6.45) is 0.261. The van der Waals surface area contributed by atoms with Crippen LogP contribution in [0.1, 0.15) is 30.0 Å². The molecule has 0 bridgehead atoms. The number of thiophene rings is 1. The molecule has 7 heteroatoms. The van der Waals surface area contributed by atoms with Crippen LogP contribution in [0.4, 0.5) is 0 Å². The second-order valence-corrected chi connectivity index (χ2v) is 8.06. The van der Waals surface area contributed by atoms with Gasteiger partial charge in [-0.05, 0) is 32.3 Å². The first-order valence-electron chi connectivity index (χ1n) is 5.95. The van der Waals surface area contributed by atoms with Gasteiger partial charge < -0.3 is 5.11 Å².